The van der Waals surface area contributed by atoms with Crippen LogP contribution in [0.5, 0.6) is 0 Å². The summed E-state index contributed by atoms with van der Waals surface area (Å²) in [6, 6.07) is 7.67. The Labute approximate surface area is 183 Å². The van der Waals surface area contributed by atoms with Gasteiger partial charge in [0.15, 0.2) is 11.5 Å². The van der Waals surface area contributed by atoms with Crippen molar-refractivity contribution >= 4 is 44.6 Å². The summed E-state index contributed by atoms with van der Waals surface area (Å²) >= 11 is 1.34. The maximum absolute atomic E-state index is 14.3. The molecule has 0 spiro atoms. The topological polar surface area (TPSA) is 65.8 Å². The standard InChI is InChI=1S/C22H23FN6OS/c1-13-10-29-11-15(9-17(23)20(29)24-13)25-21(30)18-8-14-4-5-19(26-22(14)31-18)28-7-6-16(12-28)27(2)3/h4-5,8-11,16H,6-7,12H2,1-3H3,(H,25,30)/t16-/m0/s1. The van der Waals surface area contributed by atoms with Crippen LogP contribution in [0.1, 0.15) is 21.8 Å². The van der Waals surface area contributed by atoms with E-state index in [2.05, 4.69) is 34.2 Å². The van der Waals surface area contributed by atoms with Crippen LogP contribution in [-0.4, -0.2) is 58.4 Å². The Morgan fingerprint density at radius 2 is 2.10 bits per heavy atom. The molecule has 1 atom stereocenters. The molecule has 9 heteroatoms. The molecule has 0 unspecified atom stereocenters. The molecule has 1 aliphatic rings. The van der Waals surface area contributed by atoms with E-state index < -0.39 is 5.82 Å². The zero-order valence-electron chi connectivity index (χ0n) is 17.6. The minimum absolute atomic E-state index is 0.243. The second-order valence-corrected chi connectivity index (χ2v) is 9.20. The molecule has 1 fully saturated rings. The van der Waals surface area contributed by atoms with Crippen molar-refractivity contribution < 1.29 is 9.18 Å². The zero-order valence-corrected chi connectivity index (χ0v) is 18.4. The number of hydrogen-bond donors (Lipinski definition) is 1. The van der Waals surface area contributed by atoms with Crippen LogP contribution in [-0.2, 0) is 0 Å². The number of aryl methyl sites for hydroxylation is 1. The Morgan fingerprint density at radius 1 is 1.26 bits per heavy atom. The first-order valence-corrected chi connectivity index (χ1v) is 11.0. The first kappa shape index (κ1) is 19.9. The number of anilines is 2. The summed E-state index contributed by atoms with van der Waals surface area (Å²) < 4.78 is 15.9. The highest BCUT2D eigenvalue weighted by atomic mass is 32.1. The summed E-state index contributed by atoms with van der Waals surface area (Å²) in [5.74, 6) is 0.179. The highest BCUT2D eigenvalue weighted by Crippen LogP contribution is 2.29. The first-order chi connectivity index (χ1) is 14.9. The second kappa shape index (κ2) is 7.58. The third-order valence-electron chi connectivity index (χ3n) is 5.69. The molecule has 1 saturated heterocycles. The first-order valence-electron chi connectivity index (χ1n) is 10.2. The molecule has 0 aliphatic carbocycles. The van der Waals surface area contributed by atoms with Crippen molar-refractivity contribution in [2.45, 2.75) is 19.4 Å². The number of carbonyl (C=O) groups excluding carboxylic acids is 1. The van der Waals surface area contributed by atoms with Crippen LogP contribution in [0.4, 0.5) is 15.9 Å². The van der Waals surface area contributed by atoms with E-state index >= 15 is 0 Å². The number of likely N-dealkylation sites (N-methyl/N-ethyl adjacent to an activating group) is 1. The fourth-order valence-electron chi connectivity index (χ4n) is 4.01. The number of halogens is 1. The number of nitrogens with one attached hydrogen (secondary N) is 1. The fourth-order valence-corrected chi connectivity index (χ4v) is 4.93. The number of imidazole rings is 1. The summed E-state index contributed by atoms with van der Waals surface area (Å²) in [7, 11) is 4.21. The van der Waals surface area contributed by atoms with Gasteiger partial charge in [-0.25, -0.2) is 14.4 Å². The van der Waals surface area contributed by atoms with E-state index in [1.807, 2.05) is 18.2 Å². The van der Waals surface area contributed by atoms with Gasteiger partial charge in [0.2, 0.25) is 0 Å². The number of fused-ring (bicyclic) bond motifs is 2. The number of amides is 1. The largest absolute Gasteiger partial charge is 0.355 e. The molecule has 31 heavy (non-hydrogen) atoms. The number of nitrogens with zero attached hydrogens (tertiary/aromatic N) is 5. The molecule has 5 rings (SSSR count). The molecule has 1 amide bonds. The second-order valence-electron chi connectivity index (χ2n) is 8.17. The maximum Gasteiger partial charge on any atom is 0.265 e. The van der Waals surface area contributed by atoms with E-state index in [1.165, 1.54) is 17.4 Å². The molecule has 0 aromatic carbocycles. The van der Waals surface area contributed by atoms with Crippen molar-refractivity contribution in [3.63, 3.8) is 0 Å². The normalized spacial score (nSPS) is 16.7. The van der Waals surface area contributed by atoms with Crippen molar-refractivity contribution in [2.24, 2.45) is 0 Å². The molecule has 4 aromatic heterocycles. The number of hydrogen-bond acceptors (Lipinski definition) is 6. The molecule has 0 radical (unpaired) electrons. The molecule has 0 bridgehead atoms. The van der Waals surface area contributed by atoms with Gasteiger partial charge >= 0.3 is 0 Å². The smallest absolute Gasteiger partial charge is 0.265 e. The molecule has 4 aromatic rings. The summed E-state index contributed by atoms with van der Waals surface area (Å²) in [6.45, 7) is 3.72. The lowest BCUT2D eigenvalue weighted by atomic mass is 10.2. The molecule has 0 saturated carbocycles. The minimum atomic E-state index is -0.477. The van der Waals surface area contributed by atoms with Gasteiger partial charge in [-0.05, 0) is 45.6 Å². The molecule has 1 N–H and O–H groups in total. The lowest BCUT2D eigenvalue weighted by Gasteiger charge is -2.21. The van der Waals surface area contributed by atoms with Gasteiger partial charge in [-0.1, -0.05) is 0 Å². The number of thiophene rings is 1. The van der Waals surface area contributed by atoms with E-state index in [1.54, 1.807) is 23.7 Å². The number of rotatable bonds is 4. The molecule has 1 aliphatic heterocycles. The van der Waals surface area contributed by atoms with Crippen LogP contribution in [0.25, 0.3) is 15.9 Å². The molecular weight excluding hydrogens is 415 g/mol. The van der Waals surface area contributed by atoms with Crippen LogP contribution in [0.15, 0.2) is 36.7 Å². The Kier molecular flexibility index (Phi) is 4.86. The molecule has 7 nitrogen and oxygen atoms in total. The summed E-state index contributed by atoms with van der Waals surface area (Å²) in [5.41, 5.74) is 1.33. The summed E-state index contributed by atoms with van der Waals surface area (Å²) in [6.07, 6.45) is 4.49. The van der Waals surface area contributed by atoms with Gasteiger partial charge in [-0.15, -0.1) is 11.3 Å². The highest BCUT2D eigenvalue weighted by Gasteiger charge is 2.25. The quantitative estimate of drug-likeness (QED) is 0.525. The number of aromatic nitrogens is 3. The van der Waals surface area contributed by atoms with Gasteiger partial charge in [0.1, 0.15) is 10.6 Å². The van der Waals surface area contributed by atoms with Crippen LogP contribution >= 0.6 is 11.3 Å². The fraction of sp³-hybridized carbons (Fsp3) is 0.318. The average molecular weight is 439 g/mol. The van der Waals surface area contributed by atoms with Crippen LogP contribution in [0.2, 0.25) is 0 Å². The molecular formula is C22H23FN6OS. The third-order valence-corrected chi connectivity index (χ3v) is 6.74. The van der Waals surface area contributed by atoms with E-state index in [4.69, 9.17) is 4.98 Å². The van der Waals surface area contributed by atoms with Crippen molar-refractivity contribution in [3.05, 3.63) is 53.0 Å². The predicted molar refractivity (Wildman–Crippen MR) is 122 cm³/mol. The Bertz CT molecular complexity index is 1300. The van der Waals surface area contributed by atoms with Crippen molar-refractivity contribution in [1.82, 2.24) is 19.3 Å². The summed E-state index contributed by atoms with van der Waals surface area (Å²) in [4.78, 5) is 27.6. The van der Waals surface area contributed by atoms with Gasteiger partial charge in [-0.3, -0.25) is 4.79 Å². The molecule has 160 valence electrons. The lowest BCUT2D eigenvalue weighted by molar-refractivity contribution is 0.103. The Hall–Kier alpha value is -3.04. The SMILES string of the molecule is Cc1cn2cc(NC(=O)c3cc4ccc(N5CC[C@H](N(C)C)C5)nc4s3)cc(F)c2n1. The van der Waals surface area contributed by atoms with E-state index in [9.17, 15) is 9.18 Å². The van der Waals surface area contributed by atoms with E-state index in [0.29, 0.717) is 22.3 Å². The van der Waals surface area contributed by atoms with Gasteiger partial charge in [0, 0.05) is 43.0 Å². The maximum atomic E-state index is 14.3. The van der Waals surface area contributed by atoms with Crippen LogP contribution < -0.4 is 10.2 Å². The van der Waals surface area contributed by atoms with Gasteiger partial charge < -0.3 is 19.5 Å². The Balaban J connectivity index is 1.37. The Morgan fingerprint density at radius 3 is 2.87 bits per heavy atom. The summed E-state index contributed by atoms with van der Waals surface area (Å²) in [5, 5.41) is 3.71. The average Bonchev–Trinajstić information content (AvgIpc) is 3.44. The van der Waals surface area contributed by atoms with Crippen LogP contribution in [0, 0.1) is 12.7 Å². The van der Waals surface area contributed by atoms with Gasteiger partial charge in [0.05, 0.1) is 16.3 Å². The van der Waals surface area contributed by atoms with Crippen molar-refractivity contribution in [3.8, 4) is 0 Å². The monoisotopic (exact) mass is 438 g/mol. The zero-order chi connectivity index (χ0) is 21.7. The number of carbonyl (C=O) groups is 1. The van der Waals surface area contributed by atoms with Gasteiger partial charge in [0.25, 0.3) is 5.91 Å². The van der Waals surface area contributed by atoms with E-state index in [-0.39, 0.29) is 11.6 Å². The third kappa shape index (κ3) is 3.75. The lowest BCUT2D eigenvalue weighted by Crippen LogP contribution is -2.31. The van der Waals surface area contributed by atoms with Crippen molar-refractivity contribution in [2.75, 3.05) is 37.4 Å². The minimum Gasteiger partial charge on any atom is -0.355 e. The highest BCUT2D eigenvalue weighted by molar-refractivity contribution is 7.20. The predicted octanol–water partition coefficient (Wildman–Crippen LogP) is 3.78. The molecule has 5 heterocycles. The van der Waals surface area contributed by atoms with Crippen LogP contribution in [0.3, 0.4) is 0 Å². The number of pyridine rings is 2. The van der Waals surface area contributed by atoms with Crippen molar-refractivity contribution in [1.29, 1.82) is 0 Å². The van der Waals surface area contributed by atoms with Gasteiger partial charge in [-0.2, -0.15) is 0 Å². The van der Waals surface area contributed by atoms with E-state index in [0.717, 1.165) is 35.5 Å².